The Labute approximate surface area is 157 Å². The fraction of sp³-hybridized carbons (Fsp3) is 0.190. The van der Waals surface area contributed by atoms with Crippen molar-refractivity contribution in [1.82, 2.24) is 9.55 Å². The second-order valence-corrected chi connectivity index (χ2v) is 6.02. The Balaban J connectivity index is 1.72. The number of carbonyl (C=O) groups is 2. The Morgan fingerprint density at radius 3 is 2.52 bits per heavy atom. The van der Waals surface area contributed by atoms with Gasteiger partial charge < -0.3 is 14.6 Å². The number of benzene rings is 2. The number of amides is 1. The molecule has 0 aliphatic rings. The van der Waals surface area contributed by atoms with E-state index in [1.54, 1.807) is 49.5 Å². The zero-order valence-electron chi connectivity index (χ0n) is 15.3. The minimum Gasteiger partial charge on any atom is -0.462 e. The predicted octanol–water partition coefficient (Wildman–Crippen LogP) is 3.67. The molecule has 2 aromatic carbocycles. The highest BCUT2D eigenvalue weighted by molar-refractivity contribution is 6.08. The maximum absolute atomic E-state index is 12.6. The summed E-state index contributed by atoms with van der Waals surface area (Å²) in [5.41, 5.74) is 2.35. The molecule has 0 saturated carbocycles. The van der Waals surface area contributed by atoms with Gasteiger partial charge in [-0.1, -0.05) is 24.3 Å². The highest BCUT2D eigenvalue weighted by Crippen LogP contribution is 2.18. The number of nitrogens with one attached hydrogen (secondary N) is 1. The third kappa shape index (κ3) is 4.41. The van der Waals surface area contributed by atoms with E-state index < -0.39 is 5.97 Å². The Kier molecular flexibility index (Phi) is 5.66. The van der Waals surface area contributed by atoms with Crippen molar-refractivity contribution in [3.8, 4) is 0 Å². The summed E-state index contributed by atoms with van der Waals surface area (Å²) in [6, 6.07) is 14.2. The second-order valence-electron chi connectivity index (χ2n) is 6.02. The van der Waals surface area contributed by atoms with Gasteiger partial charge in [-0.2, -0.15) is 0 Å². The number of ether oxygens (including phenoxy) is 1. The number of hydrogen-bond acceptors (Lipinski definition) is 4. The summed E-state index contributed by atoms with van der Waals surface area (Å²) in [6.45, 7) is 4.66. The van der Waals surface area contributed by atoms with Crippen LogP contribution in [-0.2, 0) is 11.3 Å². The number of carbonyl (C=O) groups excluding carboxylic acids is 2. The lowest BCUT2D eigenvalue weighted by Crippen LogP contribution is -2.16. The van der Waals surface area contributed by atoms with Gasteiger partial charge in [0.25, 0.3) is 5.91 Å². The van der Waals surface area contributed by atoms with Crippen LogP contribution in [0.2, 0.25) is 0 Å². The van der Waals surface area contributed by atoms with Crippen LogP contribution in [0.4, 0.5) is 5.69 Å². The first kappa shape index (κ1) is 18.4. The molecule has 6 heteroatoms. The van der Waals surface area contributed by atoms with Gasteiger partial charge in [-0.15, -0.1) is 0 Å². The van der Waals surface area contributed by atoms with Gasteiger partial charge in [0.15, 0.2) is 0 Å². The summed E-state index contributed by atoms with van der Waals surface area (Å²) >= 11 is 0. The first-order valence-electron chi connectivity index (χ1n) is 8.72. The van der Waals surface area contributed by atoms with E-state index in [0.29, 0.717) is 23.4 Å². The normalized spacial score (nSPS) is 10.4. The van der Waals surface area contributed by atoms with Gasteiger partial charge in [-0.3, -0.25) is 4.79 Å². The molecule has 6 nitrogen and oxygen atoms in total. The third-order valence-electron chi connectivity index (χ3n) is 4.16. The Morgan fingerprint density at radius 1 is 1.11 bits per heavy atom. The van der Waals surface area contributed by atoms with Gasteiger partial charge >= 0.3 is 5.97 Å². The molecule has 1 amide bonds. The fourth-order valence-electron chi connectivity index (χ4n) is 2.70. The molecule has 0 bridgehead atoms. The minimum absolute atomic E-state index is 0.277. The van der Waals surface area contributed by atoms with E-state index >= 15 is 0 Å². The third-order valence-corrected chi connectivity index (χ3v) is 4.16. The monoisotopic (exact) mass is 363 g/mol. The van der Waals surface area contributed by atoms with Crippen LogP contribution in [0.5, 0.6) is 0 Å². The van der Waals surface area contributed by atoms with Gasteiger partial charge in [-0.05, 0) is 43.7 Å². The van der Waals surface area contributed by atoms with Crippen LogP contribution in [0.15, 0.2) is 60.9 Å². The zero-order valence-corrected chi connectivity index (χ0v) is 15.3. The van der Waals surface area contributed by atoms with Crippen LogP contribution in [0.1, 0.15) is 39.0 Å². The molecule has 1 N–H and O–H groups in total. The lowest BCUT2D eigenvalue weighted by molar-refractivity contribution is 0.0527. The first-order valence-corrected chi connectivity index (χ1v) is 8.72. The van der Waals surface area contributed by atoms with Crippen molar-refractivity contribution in [2.75, 3.05) is 11.9 Å². The van der Waals surface area contributed by atoms with Crippen LogP contribution in [0.3, 0.4) is 0 Å². The van der Waals surface area contributed by atoms with Crippen molar-refractivity contribution in [1.29, 1.82) is 0 Å². The lowest BCUT2D eigenvalue weighted by atomic mass is 10.1. The van der Waals surface area contributed by atoms with Crippen molar-refractivity contribution >= 4 is 17.6 Å². The molecule has 0 atom stereocenters. The largest absolute Gasteiger partial charge is 0.462 e. The average Bonchev–Trinajstić information content (AvgIpc) is 3.07. The number of aromatic nitrogens is 2. The highest BCUT2D eigenvalue weighted by Gasteiger charge is 2.14. The minimum atomic E-state index is -0.459. The standard InChI is InChI=1S/C21H21N3O3/c1-3-27-21(26)18-6-4-5-7-19(18)23-20(25)17-10-8-16(9-11-17)14-24-13-12-22-15(24)2/h4-13H,3,14H2,1-2H3,(H,23,25). The molecule has 3 aromatic rings. The van der Waals surface area contributed by atoms with Gasteiger partial charge in [0.1, 0.15) is 5.82 Å². The lowest BCUT2D eigenvalue weighted by Gasteiger charge is -2.11. The smallest absolute Gasteiger partial charge is 0.340 e. The van der Waals surface area contributed by atoms with Crippen LogP contribution < -0.4 is 5.32 Å². The number of aryl methyl sites for hydroxylation is 1. The van der Waals surface area contributed by atoms with E-state index in [9.17, 15) is 9.59 Å². The van der Waals surface area contributed by atoms with E-state index in [1.165, 1.54) is 0 Å². The molecule has 0 radical (unpaired) electrons. The topological polar surface area (TPSA) is 73.2 Å². The van der Waals surface area contributed by atoms with Crippen molar-refractivity contribution in [2.24, 2.45) is 0 Å². The van der Waals surface area contributed by atoms with E-state index in [0.717, 1.165) is 11.4 Å². The highest BCUT2D eigenvalue weighted by atomic mass is 16.5. The van der Waals surface area contributed by atoms with Gasteiger partial charge in [-0.25, -0.2) is 9.78 Å². The quantitative estimate of drug-likeness (QED) is 0.678. The summed E-state index contributed by atoms with van der Waals surface area (Å²) in [6.07, 6.45) is 3.68. The van der Waals surface area contributed by atoms with Gasteiger partial charge in [0.2, 0.25) is 0 Å². The molecule has 138 valence electrons. The van der Waals surface area contributed by atoms with E-state index in [1.807, 2.05) is 29.8 Å². The molecule has 3 rings (SSSR count). The summed E-state index contributed by atoms with van der Waals surface area (Å²) in [4.78, 5) is 28.8. The Morgan fingerprint density at radius 2 is 1.85 bits per heavy atom. The van der Waals surface area contributed by atoms with Crippen molar-refractivity contribution in [3.63, 3.8) is 0 Å². The van der Waals surface area contributed by atoms with Crippen LogP contribution >= 0.6 is 0 Å². The summed E-state index contributed by atoms with van der Waals surface area (Å²) < 4.78 is 7.07. The fourth-order valence-corrected chi connectivity index (χ4v) is 2.70. The number of esters is 1. The van der Waals surface area contributed by atoms with Crippen LogP contribution in [0, 0.1) is 6.92 Å². The van der Waals surface area contributed by atoms with Crippen molar-refractivity contribution in [2.45, 2.75) is 20.4 Å². The number of hydrogen-bond donors (Lipinski definition) is 1. The molecule has 1 aromatic heterocycles. The second kappa shape index (κ2) is 8.31. The Bertz CT molecular complexity index is 945. The van der Waals surface area contributed by atoms with Gasteiger partial charge in [0, 0.05) is 24.5 Å². The number of anilines is 1. The van der Waals surface area contributed by atoms with Crippen LogP contribution in [0.25, 0.3) is 0 Å². The molecule has 0 unspecified atom stereocenters. The molecule has 0 spiro atoms. The molecule has 1 heterocycles. The predicted molar refractivity (Wildman–Crippen MR) is 103 cm³/mol. The number of imidazole rings is 1. The number of para-hydroxylation sites is 1. The van der Waals surface area contributed by atoms with E-state index in [2.05, 4.69) is 10.3 Å². The number of nitrogens with zero attached hydrogens (tertiary/aromatic N) is 2. The molecule has 27 heavy (non-hydrogen) atoms. The molecule has 0 aliphatic heterocycles. The summed E-state index contributed by atoms with van der Waals surface area (Å²) in [7, 11) is 0. The molecule has 0 saturated heterocycles. The summed E-state index contributed by atoms with van der Waals surface area (Å²) in [5.74, 6) is 0.198. The van der Waals surface area contributed by atoms with Crippen molar-refractivity contribution < 1.29 is 14.3 Å². The number of rotatable bonds is 6. The molecule has 0 aliphatic carbocycles. The average molecular weight is 363 g/mol. The van der Waals surface area contributed by atoms with E-state index in [-0.39, 0.29) is 12.5 Å². The first-order chi connectivity index (χ1) is 13.1. The molecular weight excluding hydrogens is 342 g/mol. The summed E-state index contributed by atoms with van der Waals surface area (Å²) in [5, 5.41) is 2.79. The van der Waals surface area contributed by atoms with Gasteiger partial charge in [0.05, 0.1) is 17.9 Å². The van der Waals surface area contributed by atoms with Crippen LogP contribution in [-0.4, -0.2) is 28.0 Å². The van der Waals surface area contributed by atoms with E-state index in [4.69, 9.17) is 4.74 Å². The maximum atomic E-state index is 12.6. The maximum Gasteiger partial charge on any atom is 0.340 e. The zero-order chi connectivity index (χ0) is 19.2. The molecule has 0 fully saturated rings. The SMILES string of the molecule is CCOC(=O)c1ccccc1NC(=O)c1ccc(Cn2ccnc2C)cc1. The van der Waals surface area contributed by atoms with Crippen molar-refractivity contribution in [3.05, 3.63) is 83.4 Å². The Hall–Kier alpha value is -3.41. The molecular formula is C21H21N3O3.